The van der Waals surface area contributed by atoms with Crippen molar-refractivity contribution in [2.45, 2.75) is 38.1 Å². The maximum Gasteiger partial charge on any atom is 0.116 e. The first-order valence-electron chi connectivity index (χ1n) is 6.64. The number of fused-ring (bicyclic) bond motifs is 1. The summed E-state index contributed by atoms with van der Waals surface area (Å²) in [7, 11) is 0. The number of nitrogens with zero attached hydrogens (tertiary/aromatic N) is 2. The summed E-state index contributed by atoms with van der Waals surface area (Å²) in [6.45, 7) is 2.16. The smallest absolute Gasteiger partial charge is 0.116 e. The Balaban J connectivity index is 1.97. The summed E-state index contributed by atoms with van der Waals surface area (Å²) >= 11 is 0. The van der Waals surface area contributed by atoms with Crippen molar-refractivity contribution in [3.8, 4) is 0 Å². The lowest BCUT2D eigenvalue weighted by Gasteiger charge is -2.40. The van der Waals surface area contributed by atoms with Gasteiger partial charge in [0.15, 0.2) is 0 Å². The summed E-state index contributed by atoms with van der Waals surface area (Å²) in [5, 5.41) is 0. The molecule has 0 aromatic carbocycles. The van der Waals surface area contributed by atoms with Gasteiger partial charge in [-0.05, 0) is 49.3 Å². The molecule has 2 unspecified atom stereocenters. The molecule has 2 aliphatic carbocycles. The van der Waals surface area contributed by atoms with Crippen molar-refractivity contribution < 1.29 is 0 Å². The second-order valence-electron chi connectivity index (χ2n) is 5.60. The summed E-state index contributed by atoms with van der Waals surface area (Å²) < 4.78 is 0. The van der Waals surface area contributed by atoms with E-state index in [0.29, 0.717) is 5.92 Å². The summed E-state index contributed by atoms with van der Waals surface area (Å²) in [6.07, 6.45) is 12.6. The molecule has 1 aromatic rings. The fraction of sp³-hybridized carbons (Fsp3) is 0.467. The SMILES string of the molecule is CC1(N)CCCC2CC=C(c3ccncn3)C=C21. The molecule has 0 aliphatic heterocycles. The quantitative estimate of drug-likeness (QED) is 0.822. The van der Waals surface area contributed by atoms with Gasteiger partial charge in [-0.1, -0.05) is 18.6 Å². The number of aromatic nitrogens is 2. The van der Waals surface area contributed by atoms with E-state index in [4.69, 9.17) is 5.73 Å². The van der Waals surface area contributed by atoms with Gasteiger partial charge in [-0.2, -0.15) is 0 Å². The molecule has 18 heavy (non-hydrogen) atoms. The molecule has 1 saturated carbocycles. The summed E-state index contributed by atoms with van der Waals surface area (Å²) in [4.78, 5) is 8.29. The summed E-state index contributed by atoms with van der Waals surface area (Å²) in [6, 6.07) is 1.96. The molecular formula is C15H19N3. The van der Waals surface area contributed by atoms with Crippen molar-refractivity contribution in [1.82, 2.24) is 9.97 Å². The molecule has 94 valence electrons. The molecular weight excluding hydrogens is 222 g/mol. The van der Waals surface area contributed by atoms with E-state index in [1.807, 2.05) is 6.07 Å². The zero-order chi connectivity index (χ0) is 12.6. The Morgan fingerprint density at radius 2 is 2.33 bits per heavy atom. The van der Waals surface area contributed by atoms with Gasteiger partial charge in [-0.25, -0.2) is 9.97 Å². The van der Waals surface area contributed by atoms with E-state index < -0.39 is 0 Å². The maximum absolute atomic E-state index is 6.44. The van der Waals surface area contributed by atoms with Crippen LogP contribution in [0.1, 0.15) is 38.3 Å². The molecule has 1 aromatic heterocycles. The third kappa shape index (κ3) is 1.99. The third-order valence-electron chi connectivity index (χ3n) is 4.16. The van der Waals surface area contributed by atoms with E-state index in [-0.39, 0.29) is 5.54 Å². The topological polar surface area (TPSA) is 51.8 Å². The fourth-order valence-corrected chi connectivity index (χ4v) is 3.15. The first kappa shape index (κ1) is 11.6. The molecule has 2 atom stereocenters. The summed E-state index contributed by atoms with van der Waals surface area (Å²) in [5.74, 6) is 0.638. The van der Waals surface area contributed by atoms with E-state index in [9.17, 15) is 0 Å². The highest BCUT2D eigenvalue weighted by Crippen LogP contribution is 2.42. The second kappa shape index (κ2) is 4.32. The molecule has 0 bridgehead atoms. The van der Waals surface area contributed by atoms with Crippen LogP contribution in [-0.2, 0) is 0 Å². The van der Waals surface area contributed by atoms with Gasteiger partial charge in [0.05, 0.1) is 5.69 Å². The minimum absolute atomic E-state index is 0.143. The molecule has 2 N–H and O–H groups in total. The Morgan fingerprint density at radius 1 is 1.44 bits per heavy atom. The average Bonchev–Trinajstić information content (AvgIpc) is 2.39. The van der Waals surface area contributed by atoms with Gasteiger partial charge in [0, 0.05) is 11.7 Å². The van der Waals surface area contributed by atoms with Crippen LogP contribution >= 0.6 is 0 Å². The van der Waals surface area contributed by atoms with E-state index in [0.717, 1.165) is 18.5 Å². The Morgan fingerprint density at radius 3 is 3.11 bits per heavy atom. The number of hydrogen-bond acceptors (Lipinski definition) is 3. The van der Waals surface area contributed by atoms with Crippen molar-refractivity contribution in [2.75, 3.05) is 0 Å². The molecule has 0 amide bonds. The first-order valence-corrected chi connectivity index (χ1v) is 6.64. The van der Waals surface area contributed by atoms with E-state index in [2.05, 4.69) is 29.0 Å². The highest BCUT2D eigenvalue weighted by molar-refractivity contribution is 5.74. The van der Waals surface area contributed by atoms with Gasteiger partial charge < -0.3 is 5.73 Å². The zero-order valence-electron chi connectivity index (χ0n) is 10.8. The standard InChI is InChI=1S/C15H19N3/c1-15(16)7-2-3-11-4-5-12(9-13(11)15)14-6-8-17-10-18-14/h5-6,8-11H,2-4,7,16H2,1H3. The Kier molecular flexibility index (Phi) is 2.78. The lowest BCUT2D eigenvalue weighted by molar-refractivity contribution is 0.339. The van der Waals surface area contributed by atoms with Crippen molar-refractivity contribution in [3.05, 3.63) is 42.0 Å². The number of allylic oxidation sites excluding steroid dienone is 3. The van der Waals surface area contributed by atoms with E-state index in [1.165, 1.54) is 24.0 Å². The molecule has 3 nitrogen and oxygen atoms in total. The van der Waals surface area contributed by atoms with Crippen LogP contribution in [-0.4, -0.2) is 15.5 Å². The van der Waals surface area contributed by atoms with Crippen molar-refractivity contribution >= 4 is 5.57 Å². The van der Waals surface area contributed by atoms with Crippen LogP contribution < -0.4 is 5.73 Å². The Labute approximate surface area is 108 Å². The number of hydrogen-bond donors (Lipinski definition) is 1. The van der Waals surface area contributed by atoms with Gasteiger partial charge in [0.25, 0.3) is 0 Å². The molecule has 2 aliphatic rings. The Bertz CT molecular complexity index is 500. The minimum atomic E-state index is -0.143. The highest BCUT2D eigenvalue weighted by Gasteiger charge is 2.35. The van der Waals surface area contributed by atoms with E-state index >= 15 is 0 Å². The van der Waals surface area contributed by atoms with Crippen LogP contribution in [0.3, 0.4) is 0 Å². The van der Waals surface area contributed by atoms with Crippen LogP contribution in [0.15, 0.2) is 36.3 Å². The average molecular weight is 241 g/mol. The molecule has 1 heterocycles. The van der Waals surface area contributed by atoms with Gasteiger partial charge in [0.1, 0.15) is 6.33 Å². The number of rotatable bonds is 1. The van der Waals surface area contributed by atoms with Gasteiger partial charge in [-0.15, -0.1) is 0 Å². The molecule has 1 fully saturated rings. The lowest BCUT2D eigenvalue weighted by atomic mass is 9.69. The minimum Gasteiger partial charge on any atom is -0.322 e. The van der Waals surface area contributed by atoms with Crippen LogP contribution in [0.2, 0.25) is 0 Å². The van der Waals surface area contributed by atoms with E-state index in [1.54, 1.807) is 12.5 Å². The Hall–Kier alpha value is -1.48. The van der Waals surface area contributed by atoms with Crippen LogP contribution in [0, 0.1) is 5.92 Å². The van der Waals surface area contributed by atoms with Crippen molar-refractivity contribution in [1.29, 1.82) is 0 Å². The van der Waals surface area contributed by atoms with Crippen molar-refractivity contribution in [2.24, 2.45) is 11.7 Å². The molecule has 3 rings (SSSR count). The van der Waals surface area contributed by atoms with Crippen LogP contribution in [0.25, 0.3) is 5.57 Å². The van der Waals surface area contributed by atoms with Crippen LogP contribution in [0.4, 0.5) is 0 Å². The van der Waals surface area contributed by atoms with Crippen LogP contribution in [0.5, 0.6) is 0 Å². The van der Waals surface area contributed by atoms with Gasteiger partial charge in [0.2, 0.25) is 0 Å². The molecule has 0 radical (unpaired) electrons. The summed E-state index contributed by atoms with van der Waals surface area (Å²) in [5.41, 5.74) is 9.90. The predicted molar refractivity (Wildman–Crippen MR) is 72.6 cm³/mol. The normalized spacial score (nSPS) is 31.3. The largest absolute Gasteiger partial charge is 0.322 e. The first-order chi connectivity index (χ1) is 8.67. The fourth-order valence-electron chi connectivity index (χ4n) is 3.15. The lowest BCUT2D eigenvalue weighted by Crippen LogP contribution is -2.44. The van der Waals surface area contributed by atoms with Gasteiger partial charge in [-0.3, -0.25) is 0 Å². The van der Waals surface area contributed by atoms with Gasteiger partial charge >= 0.3 is 0 Å². The third-order valence-corrected chi connectivity index (χ3v) is 4.16. The maximum atomic E-state index is 6.44. The predicted octanol–water partition coefficient (Wildman–Crippen LogP) is 2.71. The highest BCUT2D eigenvalue weighted by atomic mass is 14.8. The molecule has 0 saturated heterocycles. The van der Waals surface area contributed by atoms with Crippen molar-refractivity contribution in [3.63, 3.8) is 0 Å². The molecule has 0 spiro atoms. The molecule has 3 heteroatoms. The zero-order valence-corrected chi connectivity index (χ0v) is 10.8. The number of nitrogens with two attached hydrogens (primary N) is 1. The monoisotopic (exact) mass is 241 g/mol. The second-order valence-corrected chi connectivity index (χ2v) is 5.60.